The van der Waals surface area contributed by atoms with Crippen LogP contribution in [0.15, 0.2) is 29.1 Å². The number of rotatable bonds is 4. The number of thiophene rings is 1. The van der Waals surface area contributed by atoms with Crippen LogP contribution in [0.3, 0.4) is 0 Å². The maximum Gasteiger partial charge on any atom is 0.259 e. The number of nitrogens with zero attached hydrogens (tertiary/aromatic N) is 3. The van der Waals surface area contributed by atoms with Gasteiger partial charge in [0.2, 0.25) is 5.91 Å². The van der Waals surface area contributed by atoms with Crippen molar-refractivity contribution < 1.29 is 9.18 Å². The average Bonchev–Trinajstić information content (AvgIpc) is 3.14. The molecule has 2 aromatic heterocycles. The van der Waals surface area contributed by atoms with E-state index in [1.54, 1.807) is 34.4 Å². The predicted octanol–water partition coefficient (Wildman–Crippen LogP) is 2.89. The summed E-state index contributed by atoms with van der Waals surface area (Å²) in [7, 11) is 0. The van der Waals surface area contributed by atoms with Crippen LogP contribution in [0.1, 0.15) is 34.7 Å². The first-order valence-electron chi connectivity index (χ1n) is 10.9. The molecule has 0 bridgehead atoms. The molecular formula is C23H25FN4O2S. The molecule has 1 aromatic carbocycles. The van der Waals surface area contributed by atoms with E-state index in [0.29, 0.717) is 44.1 Å². The van der Waals surface area contributed by atoms with Crippen molar-refractivity contribution in [3.8, 4) is 0 Å². The molecule has 31 heavy (non-hydrogen) atoms. The predicted molar refractivity (Wildman–Crippen MR) is 119 cm³/mol. The second kappa shape index (κ2) is 8.51. The van der Waals surface area contributed by atoms with Gasteiger partial charge in [-0.2, -0.15) is 0 Å². The Morgan fingerprint density at radius 2 is 1.90 bits per heavy atom. The molecule has 1 N–H and O–H groups in total. The molecule has 8 heteroatoms. The minimum atomic E-state index is -0.338. The summed E-state index contributed by atoms with van der Waals surface area (Å²) in [4.78, 5) is 39.2. The molecule has 2 aliphatic rings. The van der Waals surface area contributed by atoms with Gasteiger partial charge in [0.05, 0.1) is 18.4 Å². The van der Waals surface area contributed by atoms with Gasteiger partial charge in [0, 0.05) is 31.1 Å². The number of fused-ring (bicyclic) bond motifs is 3. The third-order valence-corrected chi connectivity index (χ3v) is 7.46. The van der Waals surface area contributed by atoms with Gasteiger partial charge in [-0.05, 0) is 42.9 Å². The molecule has 3 aromatic rings. The van der Waals surface area contributed by atoms with Gasteiger partial charge in [0.25, 0.3) is 5.56 Å². The first-order valence-corrected chi connectivity index (χ1v) is 11.7. The molecule has 1 fully saturated rings. The Morgan fingerprint density at radius 3 is 2.71 bits per heavy atom. The second-order valence-corrected chi connectivity index (χ2v) is 9.41. The molecular weight excluding hydrogens is 415 g/mol. The van der Waals surface area contributed by atoms with E-state index < -0.39 is 0 Å². The summed E-state index contributed by atoms with van der Waals surface area (Å²) in [5.74, 6) is 0.291. The van der Waals surface area contributed by atoms with Crippen molar-refractivity contribution in [2.24, 2.45) is 0 Å². The summed E-state index contributed by atoms with van der Waals surface area (Å²) in [5, 5.41) is 0.784. The number of H-pyrrole nitrogens is 1. The van der Waals surface area contributed by atoms with Gasteiger partial charge in [0.15, 0.2) is 0 Å². The summed E-state index contributed by atoms with van der Waals surface area (Å²) in [5.41, 5.74) is 1.61. The van der Waals surface area contributed by atoms with Crippen LogP contribution in [0, 0.1) is 5.82 Å². The molecule has 1 saturated heterocycles. The van der Waals surface area contributed by atoms with E-state index in [-0.39, 0.29) is 23.7 Å². The zero-order valence-electron chi connectivity index (χ0n) is 17.3. The molecule has 0 unspecified atom stereocenters. The monoisotopic (exact) mass is 440 g/mol. The number of aromatic amines is 1. The van der Waals surface area contributed by atoms with E-state index in [0.717, 1.165) is 29.5 Å². The number of aromatic nitrogens is 2. The van der Waals surface area contributed by atoms with Crippen LogP contribution >= 0.6 is 11.3 Å². The minimum absolute atomic E-state index is 0.0295. The Labute approximate surface area is 183 Å². The molecule has 6 nitrogen and oxygen atoms in total. The first kappa shape index (κ1) is 20.3. The SMILES string of the molecule is O=C(Cc1ccccc1F)N1CCN(Cc2nc3sc4c(c3c(=O)[nH]2)CCCC4)CC1. The number of hydrogen-bond donors (Lipinski definition) is 1. The standard InChI is InChI=1S/C23H25FN4O2S/c24-17-7-3-1-5-15(17)13-20(29)28-11-9-27(10-12-28)14-19-25-22(30)21-16-6-2-4-8-18(16)31-23(21)26-19/h1,3,5,7H,2,4,6,8-14H2,(H,25,26,30). The Kier molecular flexibility index (Phi) is 5.58. The van der Waals surface area contributed by atoms with Crippen LogP contribution in [0.5, 0.6) is 0 Å². The van der Waals surface area contributed by atoms with Gasteiger partial charge in [0.1, 0.15) is 16.5 Å². The van der Waals surface area contributed by atoms with Crippen molar-refractivity contribution in [1.82, 2.24) is 19.8 Å². The number of halogens is 1. The molecule has 0 saturated carbocycles. The summed E-state index contributed by atoms with van der Waals surface area (Å²) in [6.45, 7) is 3.14. The van der Waals surface area contributed by atoms with Crippen molar-refractivity contribution >= 4 is 27.5 Å². The van der Waals surface area contributed by atoms with Crippen LogP contribution < -0.4 is 5.56 Å². The number of carbonyl (C=O) groups is 1. The molecule has 162 valence electrons. The molecule has 0 atom stereocenters. The van der Waals surface area contributed by atoms with E-state index in [9.17, 15) is 14.0 Å². The zero-order chi connectivity index (χ0) is 21.4. The fourth-order valence-corrected chi connectivity index (χ4v) is 5.85. The number of piperazine rings is 1. The topological polar surface area (TPSA) is 69.3 Å². The van der Waals surface area contributed by atoms with Gasteiger partial charge in [-0.25, -0.2) is 9.37 Å². The van der Waals surface area contributed by atoms with Gasteiger partial charge < -0.3 is 9.88 Å². The number of benzene rings is 1. The van der Waals surface area contributed by atoms with Crippen LogP contribution in [0.4, 0.5) is 4.39 Å². The normalized spacial score (nSPS) is 17.1. The van der Waals surface area contributed by atoms with E-state index >= 15 is 0 Å². The molecule has 1 aliphatic heterocycles. The Balaban J connectivity index is 1.22. The van der Waals surface area contributed by atoms with Crippen molar-refractivity contribution in [3.05, 3.63) is 62.3 Å². The van der Waals surface area contributed by atoms with Crippen LogP contribution in [0.25, 0.3) is 10.2 Å². The highest BCUT2D eigenvalue weighted by Gasteiger charge is 2.24. The zero-order valence-corrected chi connectivity index (χ0v) is 18.1. The van der Waals surface area contributed by atoms with E-state index in [2.05, 4.69) is 9.88 Å². The third kappa shape index (κ3) is 4.14. The fraction of sp³-hybridized carbons (Fsp3) is 0.435. The smallest absolute Gasteiger partial charge is 0.259 e. The Morgan fingerprint density at radius 1 is 1.13 bits per heavy atom. The largest absolute Gasteiger partial charge is 0.340 e. The Hall–Kier alpha value is -2.58. The maximum absolute atomic E-state index is 13.8. The lowest BCUT2D eigenvalue weighted by molar-refractivity contribution is -0.132. The molecule has 5 rings (SSSR count). The van der Waals surface area contributed by atoms with Crippen molar-refractivity contribution in [1.29, 1.82) is 0 Å². The van der Waals surface area contributed by atoms with Gasteiger partial charge in [-0.3, -0.25) is 14.5 Å². The van der Waals surface area contributed by atoms with E-state index in [1.165, 1.54) is 22.9 Å². The summed E-state index contributed by atoms with van der Waals surface area (Å²) >= 11 is 1.66. The molecule has 1 amide bonds. The molecule has 0 spiro atoms. The van der Waals surface area contributed by atoms with Crippen molar-refractivity contribution in [3.63, 3.8) is 0 Å². The molecule has 1 aliphatic carbocycles. The number of carbonyl (C=O) groups excluding carboxylic acids is 1. The number of amides is 1. The summed E-state index contributed by atoms with van der Waals surface area (Å²) in [6.07, 6.45) is 4.43. The van der Waals surface area contributed by atoms with Crippen LogP contribution in [-0.2, 0) is 30.6 Å². The third-order valence-electron chi connectivity index (χ3n) is 6.27. The highest BCUT2D eigenvalue weighted by atomic mass is 32.1. The number of nitrogens with one attached hydrogen (secondary N) is 1. The van der Waals surface area contributed by atoms with Crippen molar-refractivity contribution in [2.45, 2.75) is 38.6 Å². The lowest BCUT2D eigenvalue weighted by Gasteiger charge is -2.34. The fourth-order valence-electron chi connectivity index (χ4n) is 4.57. The lowest BCUT2D eigenvalue weighted by atomic mass is 9.97. The maximum atomic E-state index is 13.8. The minimum Gasteiger partial charge on any atom is -0.340 e. The van der Waals surface area contributed by atoms with Crippen molar-refractivity contribution in [2.75, 3.05) is 26.2 Å². The van der Waals surface area contributed by atoms with Gasteiger partial charge in [-0.15, -0.1) is 11.3 Å². The number of hydrogen-bond acceptors (Lipinski definition) is 5. The summed E-state index contributed by atoms with van der Waals surface area (Å²) in [6, 6.07) is 6.42. The van der Waals surface area contributed by atoms with Gasteiger partial charge in [-0.1, -0.05) is 18.2 Å². The van der Waals surface area contributed by atoms with Crippen LogP contribution in [-0.4, -0.2) is 51.9 Å². The highest BCUT2D eigenvalue weighted by Crippen LogP contribution is 2.33. The van der Waals surface area contributed by atoms with E-state index in [1.807, 2.05) is 0 Å². The molecule has 0 radical (unpaired) electrons. The van der Waals surface area contributed by atoms with E-state index in [4.69, 9.17) is 4.98 Å². The quantitative estimate of drug-likeness (QED) is 0.677. The highest BCUT2D eigenvalue weighted by molar-refractivity contribution is 7.18. The summed E-state index contributed by atoms with van der Waals surface area (Å²) < 4.78 is 13.8. The first-order chi connectivity index (χ1) is 15.1. The average molecular weight is 441 g/mol. The van der Waals surface area contributed by atoms with Crippen LogP contribution in [0.2, 0.25) is 0 Å². The second-order valence-electron chi connectivity index (χ2n) is 8.33. The number of aryl methyl sites for hydroxylation is 2. The van der Waals surface area contributed by atoms with Gasteiger partial charge >= 0.3 is 0 Å². The Bertz CT molecular complexity index is 1180. The molecule has 3 heterocycles. The lowest BCUT2D eigenvalue weighted by Crippen LogP contribution is -2.49.